The fourth-order valence-corrected chi connectivity index (χ4v) is 3.47. The Morgan fingerprint density at radius 1 is 1.04 bits per heavy atom. The van der Waals surface area contributed by atoms with Crippen LogP contribution >= 0.6 is 0 Å². The summed E-state index contributed by atoms with van der Waals surface area (Å²) in [5.74, 6) is 1.18. The van der Waals surface area contributed by atoms with E-state index in [0.29, 0.717) is 0 Å². The van der Waals surface area contributed by atoms with Crippen molar-refractivity contribution in [2.45, 2.75) is 38.9 Å². The zero-order valence-corrected chi connectivity index (χ0v) is 15.5. The third kappa shape index (κ3) is 3.71. The number of hydrogen-bond donors (Lipinski definition) is 1. The summed E-state index contributed by atoms with van der Waals surface area (Å²) in [6.45, 7) is 5.40. The Bertz CT molecular complexity index is 990. The predicted molar refractivity (Wildman–Crippen MR) is 98.4 cm³/mol. The van der Waals surface area contributed by atoms with E-state index in [0.717, 1.165) is 61.2 Å². The van der Waals surface area contributed by atoms with Crippen LogP contribution in [-0.4, -0.2) is 43.7 Å². The Hall–Kier alpha value is -2.91. The van der Waals surface area contributed by atoms with E-state index in [4.69, 9.17) is 0 Å². The minimum atomic E-state index is -4.48. The van der Waals surface area contributed by atoms with Gasteiger partial charge in [-0.2, -0.15) is 22.8 Å². The number of piperidine rings is 1. The maximum absolute atomic E-state index is 12.8. The predicted octanol–water partition coefficient (Wildman–Crippen LogP) is 3.24. The molecule has 0 aromatic carbocycles. The van der Waals surface area contributed by atoms with E-state index in [1.54, 1.807) is 0 Å². The molecule has 1 saturated heterocycles. The minimum absolute atomic E-state index is 0.0463. The van der Waals surface area contributed by atoms with Crippen LogP contribution in [0.1, 0.15) is 29.9 Å². The van der Waals surface area contributed by atoms with Gasteiger partial charge < -0.3 is 10.2 Å². The van der Waals surface area contributed by atoms with Crippen LogP contribution in [0.25, 0.3) is 5.65 Å². The molecule has 1 aliphatic heterocycles. The molecule has 0 saturated carbocycles. The number of rotatable bonds is 3. The first-order valence-corrected chi connectivity index (χ1v) is 9.04. The first kappa shape index (κ1) is 18.5. The second-order valence-electron chi connectivity index (χ2n) is 7.00. The van der Waals surface area contributed by atoms with Gasteiger partial charge in [-0.15, -0.1) is 0 Å². The highest BCUT2D eigenvalue weighted by molar-refractivity contribution is 5.52. The third-order valence-corrected chi connectivity index (χ3v) is 4.79. The van der Waals surface area contributed by atoms with Gasteiger partial charge in [0.1, 0.15) is 23.7 Å². The summed E-state index contributed by atoms with van der Waals surface area (Å²) >= 11 is 0. The SMILES string of the molecule is Cc1cc(N2CCC(Nc3cc(C(F)(F)F)ncn3)CC2)n2nc(C)cc2n1. The first-order valence-electron chi connectivity index (χ1n) is 9.04. The van der Waals surface area contributed by atoms with Gasteiger partial charge in [0.15, 0.2) is 5.65 Å². The topological polar surface area (TPSA) is 71.2 Å². The molecule has 7 nitrogen and oxygen atoms in total. The maximum Gasteiger partial charge on any atom is 0.433 e. The van der Waals surface area contributed by atoms with Crippen molar-refractivity contribution in [2.75, 3.05) is 23.3 Å². The molecule has 1 N–H and O–H groups in total. The molecule has 0 spiro atoms. The van der Waals surface area contributed by atoms with Crippen molar-refractivity contribution in [1.29, 1.82) is 0 Å². The van der Waals surface area contributed by atoms with Crippen molar-refractivity contribution in [2.24, 2.45) is 0 Å². The van der Waals surface area contributed by atoms with Crippen molar-refractivity contribution in [3.63, 3.8) is 0 Å². The standard InChI is InChI=1S/C18H20F3N7/c1-11-8-17(28-16(24-11)7-12(2)26-28)27-5-3-13(4-6-27)25-15-9-14(18(19,20)21)22-10-23-15/h7-10,13H,3-6H2,1-2H3,(H,22,23,25). The number of halogens is 3. The highest BCUT2D eigenvalue weighted by Gasteiger charge is 2.33. The number of alkyl halides is 3. The average Bonchev–Trinajstić information content (AvgIpc) is 3.01. The second kappa shape index (κ2) is 6.92. The van der Waals surface area contributed by atoms with Gasteiger partial charge in [0.25, 0.3) is 0 Å². The van der Waals surface area contributed by atoms with Crippen LogP contribution in [0.3, 0.4) is 0 Å². The highest BCUT2D eigenvalue weighted by atomic mass is 19.4. The molecule has 0 bridgehead atoms. The third-order valence-electron chi connectivity index (χ3n) is 4.79. The van der Waals surface area contributed by atoms with Crippen molar-refractivity contribution >= 4 is 17.3 Å². The molecule has 0 amide bonds. The Morgan fingerprint density at radius 2 is 1.79 bits per heavy atom. The molecule has 4 rings (SSSR count). The van der Waals surface area contributed by atoms with Crippen LogP contribution in [-0.2, 0) is 6.18 Å². The van der Waals surface area contributed by atoms with Gasteiger partial charge in [0, 0.05) is 43.0 Å². The van der Waals surface area contributed by atoms with Crippen molar-refractivity contribution in [3.8, 4) is 0 Å². The van der Waals surface area contributed by atoms with Gasteiger partial charge in [-0.1, -0.05) is 0 Å². The quantitative estimate of drug-likeness (QED) is 0.739. The fraction of sp³-hybridized carbons (Fsp3) is 0.444. The minimum Gasteiger partial charge on any atom is -0.367 e. The lowest BCUT2D eigenvalue weighted by molar-refractivity contribution is -0.141. The molecule has 0 unspecified atom stereocenters. The molecule has 0 aliphatic carbocycles. The summed E-state index contributed by atoms with van der Waals surface area (Å²) < 4.78 is 40.3. The molecule has 0 atom stereocenters. The number of aryl methyl sites for hydroxylation is 2. The number of nitrogens with one attached hydrogen (secondary N) is 1. The molecule has 10 heteroatoms. The summed E-state index contributed by atoms with van der Waals surface area (Å²) in [7, 11) is 0. The van der Waals surface area contributed by atoms with E-state index in [1.807, 2.05) is 30.5 Å². The zero-order chi connectivity index (χ0) is 19.9. The van der Waals surface area contributed by atoms with Crippen LogP contribution < -0.4 is 10.2 Å². The van der Waals surface area contributed by atoms with E-state index in [9.17, 15) is 13.2 Å². The lowest BCUT2D eigenvalue weighted by Gasteiger charge is -2.34. The largest absolute Gasteiger partial charge is 0.433 e. The van der Waals surface area contributed by atoms with Crippen LogP contribution in [0.15, 0.2) is 24.5 Å². The number of aromatic nitrogens is 5. The Kier molecular flexibility index (Phi) is 4.56. The molecular weight excluding hydrogens is 371 g/mol. The van der Waals surface area contributed by atoms with Gasteiger partial charge in [0.05, 0.1) is 5.69 Å². The van der Waals surface area contributed by atoms with Crippen LogP contribution in [0.5, 0.6) is 0 Å². The maximum atomic E-state index is 12.8. The van der Waals surface area contributed by atoms with E-state index in [1.165, 1.54) is 0 Å². The lowest BCUT2D eigenvalue weighted by atomic mass is 10.0. The molecule has 1 fully saturated rings. The molecular formula is C18H20F3N7. The molecule has 3 aromatic heterocycles. The Balaban J connectivity index is 1.46. The summed E-state index contributed by atoms with van der Waals surface area (Å²) in [5.41, 5.74) is 1.70. The Morgan fingerprint density at radius 3 is 2.50 bits per heavy atom. The zero-order valence-electron chi connectivity index (χ0n) is 15.5. The summed E-state index contributed by atoms with van der Waals surface area (Å²) in [5, 5.41) is 7.63. The molecule has 1 aliphatic rings. The molecule has 28 heavy (non-hydrogen) atoms. The molecule has 4 heterocycles. The number of anilines is 2. The van der Waals surface area contributed by atoms with Crippen molar-refractivity contribution < 1.29 is 13.2 Å². The molecule has 148 valence electrons. The van der Waals surface area contributed by atoms with Crippen LogP contribution in [0.2, 0.25) is 0 Å². The number of nitrogens with zero attached hydrogens (tertiary/aromatic N) is 6. The van der Waals surface area contributed by atoms with E-state index >= 15 is 0 Å². The van der Waals surface area contributed by atoms with Gasteiger partial charge in [-0.05, 0) is 26.7 Å². The monoisotopic (exact) mass is 391 g/mol. The van der Waals surface area contributed by atoms with E-state index in [-0.39, 0.29) is 11.9 Å². The number of fused-ring (bicyclic) bond motifs is 1. The molecule has 3 aromatic rings. The summed E-state index contributed by atoms with van der Waals surface area (Å²) in [6.07, 6.45) is -1.99. The van der Waals surface area contributed by atoms with Crippen LogP contribution in [0, 0.1) is 13.8 Å². The fourth-order valence-electron chi connectivity index (χ4n) is 3.47. The highest BCUT2D eigenvalue weighted by Crippen LogP contribution is 2.29. The number of hydrogen-bond acceptors (Lipinski definition) is 6. The van der Waals surface area contributed by atoms with Gasteiger partial charge in [0.2, 0.25) is 0 Å². The first-order chi connectivity index (χ1) is 13.3. The van der Waals surface area contributed by atoms with Crippen LogP contribution in [0.4, 0.5) is 24.8 Å². The molecule has 0 radical (unpaired) electrons. The smallest absolute Gasteiger partial charge is 0.367 e. The van der Waals surface area contributed by atoms with Crippen molar-refractivity contribution in [1.82, 2.24) is 24.6 Å². The van der Waals surface area contributed by atoms with Gasteiger partial charge in [-0.3, -0.25) is 0 Å². The second-order valence-corrected chi connectivity index (χ2v) is 7.00. The average molecular weight is 391 g/mol. The van der Waals surface area contributed by atoms with E-state index < -0.39 is 11.9 Å². The van der Waals surface area contributed by atoms with Gasteiger partial charge >= 0.3 is 6.18 Å². The normalized spacial score (nSPS) is 16.0. The van der Waals surface area contributed by atoms with Crippen molar-refractivity contribution in [3.05, 3.63) is 41.6 Å². The lowest BCUT2D eigenvalue weighted by Crippen LogP contribution is -2.40. The van der Waals surface area contributed by atoms with Gasteiger partial charge in [-0.25, -0.2) is 15.0 Å². The summed E-state index contributed by atoms with van der Waals surface area (Å²) in [4.78, 5) is 14.0. The Labute approximate surface area is 159 Å². The van der Waals surface area contributed by atoms with E-state index in [2.05, 4.69) is 30.3 Å². The summed E-state index contributed by atoms with van der Waals surface area (Å²) in [6, 6.07) is 4.95.